The van der Waals surface area contributed by atoms with E-state index in [1.54, 1.807) is 0 Å². The van der Waals surface area contributed by atoms with Gasteiger partial charge < -0.3 is 0 Å². The lowest BCUT2D eigenvalue weighted by molar-refractivity contribution is 0.661. The summed E-state index contributed by atoms with van der Waals surface area (Å²) in [6.07, 6.45) is 0.845. The van der Waals surface area contributed by atoms with Gasteiger partial charge >= 0.3 is 0 Å². The number of nitrogens with zero attached hydrogens (tertiary/aromatic N) is 3. The van der Waals surface area contributed by atoms with Gasteiger partial charge in [0.2, 0.25) is 0 Å². The van der Waals surface area contributed by atoms with Crippen LogP contribution in [-0.2, 0) is 5.41 Å². The molecule has 0 saturated heterocycles. The van der Waals surface area contributed by atoms with Gasteiger partial charge in [-0.3, -0.25) is 4.99 Å². The summed E-state index contributed by atoms with van der Waals surface area (Å²) in [5, 5.41) is 0. The van der Waals surface area contributed by atoms with Crippen molar-refractivity contribution >= 4 is 11.4 Å². The van der Waals surface area contributed by atoms with Gasteiger partial charge in [0.15, 0.2) is 5.82 Å². The number of rotatable bonds is 6. The second-order valence-corrected chi connectivity index (χ2v) is 15.1. The van der Waals surface area contributed by atoms with Crippen molar-refractivity contribution in [2.45, 2.75) is 31.6 Å². The van der Waals surface area contributed by atoms with E-state index in [1.165, 1.54) is 44.5 Å². The molecule has 1 atom stereocenters. The normalized spacial score (nSPS) is 14.9. The molecule has 0 saturated carbocycles. The van der Waals surface area contributed by atoms with E-state index in [1.807, 2.05) is 36.4 Å². The number of fused-ring (bicyclic) bond motifs is 4. The van der Waals surface area contributed by atoms with Crippen LogP contribution in [0.15, 0.2) is 175 Å². The van der Waals surface area contributed by atoms with Gasteiger partial charge in [-0.2, -0.15) is 0 Å². The van der Waals surface area contributed by atoms with Gasteiger partial charge in [-0.15, -0.1) is 0 Å². The topological polar surface area (TPSA) is 38.1 Å². The lowest BCUT2D eigenvalue weighted by Gasteiger charge is -2.25. The highest BCUT2D eigenvalue weighted by atomic mass is 14.9. The third-order valence-corrected chi connectivity index (χ3v) is 11.4. The second kappa shape index (κ2) is 13.2. The molecular weight excluding hydrogens is 667 g/mol. The van der Waals surface area contributed by atoms with Crippen LogP contribution in [0.2, 0.25) is 0 Å². The molecule has 1 aliphatic heterocycles. The Bertz CT molecular complexity index is 2670. The quantitative estimate of drug-likeness (QED) is 0.173. The maximum absolute atomic E-state index is 5.12. The van der Waals surface area contributed by atoms with E-state index >= 15 is 0 Å². The van der Waals surface area contributed by atoms with E-state index < -0.39 is 0 Å². The van der Waals surface area contributed by atoms with Crippen LogP contribution in [0.25, 0.3) is 56.2 Å². The molecule has 260 valence electrons. The Kier molecular flexibility index (Phi) is 7.86. The molecule has 0 spiro atoms. The standard InChI is InChI=1S/C52H37N3/c1-52(2)45-30-39(34-22-24-37(25-23-34)48-32-44(35-14-6-3-7-15-35)43-20-12-13-21-47(43)53-48)26-28-41(45)42-29-27-40(31-46(42)52)50-33-49(36-16-8-4-9-17-36)54-51(55-50)38-18-10-5-11-19-38/h3-11,14-31,33,44H,32H2,1-2H3. The predicted octanol–water partition coefficient (Wildman–Crippen LogP) is 12.7. The molecule has 2 aliphatic rings. The summed E-state index contributed by atoms with van der Waals surface area (Å²) in [5.74, 6) is 0.964. The molecule has 3 nitrogen and oxygen atoms in total. The molecule has 3 heteroatoms. The maximum atomic E-state index is 5.12. The zero-order valence-electron chi connectivity index (χ0n) is 30.8. The first kappa shape index (κ1) is 32.7. The van der Waals surface area contributed by atoms with Crippen molar-refractivity contribution in [3.8, 4) is 56.2 Å². The van der Waals surface area contributed by atoms with Crippen molar-refractivity contribution in [1.29, 1.82) is 0 Å². The average molecular weight is 704 g/mol. The van der Waals surface area contributed by atoms with E-state index in [0.717, 1.165) is 57.3 Å². The summed E-state index contributed by atoms with van der Waals surface area (Å²) in [6.45, 7) is 4.69. The van der Waals surface area contributed by atoms with E-state index in [0.29, 0.717) is 0 Å². The highest BCUT2D eigenvalue weighted by Gasteiger charge is 2.36. The molecule has 0 radical (unpaired) electrons. The lowest BCUT2D eigenvalue weighted by atomic mass is 9.81. The summed E-state index contributed by atoms with van der Waals surface area (Å²) < 4.78 is 0. The molecule has 1 unspecified atom stereocenters. The molecule has 1 aromatic heterocycles. The molecule has 0 bridgehead atoms. The van der Waals surface area contributed by atoms with Crippen LogP contribution in [-0.4, -0.2) is 15.7 Å². The Hall–Kier alpha value is -6.89. The molecule has 0 N–H and O–H groups in total. The highest BCUT2D eigenvalue weighted by molar-refractivity contribution is 6.04. The van der Waals surface area contributed by atoms with Crippen LogP contribution in [0.3, 0.4) is 0 Å². The molecule has 2 heterocycles. The summed E-state index contributed by atoms with van der Waals surface area (Å²) >= 11 is 0. The number of aromatic nitrogens is 2. The van der Waals surface area contributed by atoms with E-state index in [4.69, 9.17) is 15.0 Å². The molecule has 10 rings (SSSR count). The van der Waals surface area contributed by atoms with Gasteiger partial charge in [-0.05, 0) is 74.3 Å². The van der Waals surface area contributed by atoms with Crippen molar-refractivity contribution in [2.75, 3.05) is 0 Å². The van der Waals surface area contributed by atoms with E-state index in [2.05, 4.69) is 159 Å². The molecule has 0 amide bonds. The Morgan fingerprint density at radius 2 is 1.05 bits per heavy atom. The summed E-state index contributed by atoms with van der Waals surface area (Å²) in [5.41, 5.74) is 18.2. The Morgan fingerprint density at radius 3 is 1.75 bits per heavy atom. The van der Waals surface area contributed by atoms with Gasteiger partial charge in [0.1, 0.15) is 0 Å². The van der Waals surface area contributed by atoms with Crippen LogP contribution in [0.1, 0.15) is 54.0 Å². The monoisotopic (exact) mass is 703 g/mol. The van der Waals surface area contributed by atoms with Crippen molar-refractivity contribution in [2.24, 2.45) is 4.99 Å². The van der Waals surface area contributed by atoms with E-state index in [-0.39, 0.29) is 11.3 Å². The third-order valence-electron chi connectivity index (χ3n) is 11.4. The molecular formula is C52H37N3. The summed E-state index contributed by atoms with van der Waals surface area (Å²) in [4.78, 5) is 15.2. The highest BCUT2D eigenvalue weighted by Crippen LogP contribution is 2.51. The predicted molar refractivity (Wildman–Crippen MR) is 225 cm³/mol. The molecule has 55 heavy (non-hydrogen) atoms. The van der Waals surface area contributed by atoms with Gasteiger partial charge in [0, 0.05) is 46.2 Å². The minimum absolute atomic E-state index is 0.195. The van der Waals surface area contributed by atoms with Gasteiger partial charge in [-0.1, -0.05) is 166 Å². The maximum Gasteiger partial charge on any atom is 0.160 e. The van der Waals surface area contributed by atoms with Crippen molar-refractivity contribution in [3.05, 3.63) is 210 Å². The third kappa shape index (κ3) is 5.84. The summed E-state index contributed by atoms with van der Waals surface area (Å²) in [7, 11) is 0. The number of aliphatic imine (C=N–C) groups is 1. The summed E-state index contributed by atoms with van der Waals surface area (Å²) in [6, 6.07) is 66.5. The van der Waals surface area contributed by atoms with Gasteiger partial charge in [0.25, 0.3) is 0 Å². The minimum atomic E-state index is -0.195. The van der Waals surface area contributed by atoms with Crippen LogP contribution in [0.5, 0.6) is 0 Å². The average Bonchev–Trinajstić information content (AvgIpc) is 3.48. The fourth-order valence-corrected chi connectivity index (χ4v) is 8.42. The van der Waals surface area contributed by atoms with E-state index in [9.17, 15) is 0 Å². The number of benzene rings is 6. The second-order valence-electron chi connectivity index (χ2n) is 15.1. The Labute approximate surface area is 322 Å². The van der Waals surface area contributed by atoms with Crippen molar-refractivity contribution in [1.82, 2.24) is 9.97 Å². The van der Waals surface area contributed by atoms with Crippen molar-refractivity contribution < 1.29 is 0 Å². The van der Waals surface area contributed by atoms with Crippen molar-refractivity contribution in [3.63, 3.8) is 0 Å². The van der Waals surface area contributed by atoms with Crippen LogP contribution >= 0.6 is 0 Å². The molecule has 1 aliphatic carbocycles. The lowest BCUT2D eigenvalue weighted by Crippen LogP contribution is -2.15. The molecule has 7 aromatic carbocycles. The molecule has 8 aromatic rings. The zero-order chi connectivity index (χ0) is 36.9. The smallest absolute Gasteiger partial charge is 0.160 e. The fraction of sp³-hybridized carbons (Fsp3) is 0.0962. The van der Waals surface area contributed by atoms with Gasteiger partial charge in [-0.25, -0.2) is 9.97 Å². The first-order valence-electron chi connectivity index (χ1n) is 18.9. The Morgan fingerprint density at radius 1 is 0.509 bits per heavy atom. The largest absolute Gasteiger partial charge is 0.252 e. The number of hydrogen-bond donors (Lipinski definition) is 0. The first-order valence-corrected chi connectivity index (χ1v) is 18.9. The van der Waals surface area contributed by atoms with Crippen LogP contribution < -0.4 is 0 Å². The SMILES string of the molecule is CC1(C)c2cc(-c3ccc(C4=Nc5cc#ccc5C(c5ccccc5)C4)cc3)ccc2-c2ccc(-c3cc(-c4ccccc4)nc(-c4ccccc4)n3)cc21. The van der Waals surface area contributed by atoms with Crippen LogP contribution in [0, 0.1) is 12.1 Å². The minimum Gasteiger partial charge on any atom is -0.252 e. The zero-order valence-corrected chi connectivity index (χ0v) is 30.8. The first-order chi connectivity index (χ1) is 27.0. The van der Waals surface area contributed by atoms with Crippen LogP contribution in [0.4, 0.5) is 5.69 Å². The Balaban J connectivity index is 0.970. The fourth-order valence-electron chi connectivity index (χ4n) is 8.42. The number of hydrogen-bond acceptors (Lipinski definition) is 3. The van der Waals surface area contributed by atoms with Gasteiger partial charge in [0.05, 0.1) is 17.1 Å². The molecule has 0 fully saturated rings.